The number of hydrogen-bond donors (Lipinski definition) is 0. The predicted molar refractivity (Wildman–Crippen MR) is 81.5 cm³/mol. The number of methoxy groups -OCH3 is 1. The number of aromatic nitrogens is 4. The number of hydrogen-bond acceptors (Lipinski definition) is 4. The summed E-state index contributed by atoms with van der Waals surface area (Å²) in [5, 5.41) is 5.05. The second kappa shape index (κ2) is 6.49. The minimum Gasteiger partial charge on any atom is -0.489 e. The van der Waals surface area contributed by atoms with Gasteiger partial charge >= 0.3 is 0 Å². The lowest BCUT2D eigenvalue weighted by molar-refractivity contribution is 0.400. The Kier molecular flexibility index (Phi) is 4.90. The minimum atomic E-state index is -0.351. The Morgan fingerprint density at radius 3 is 2.62 bits per heavy atom. The fourth-order valence-electron chi connectivity index (χ4n) is 2.06. The van der Waals surface area contributed by atoms with E-state index in [9.17, 15) is 4.79 Å². The van der Waals surface area contributed by atoms with Gasteiger partial charge in [0.05, 0.1) is 36.4 Å². The van der Waals surface area contributed by atoms with Crippen molar-refractivity contribution in [1.29, 1.82) is 0 Å². The summed E-state index contributed by atoms with van der Waals surface area (Å²) in [4.78, 5) is 16.2. The summed E-state index contributed by atoms with van der Waals surface area (Å²) in [5.74, 6) is 0.0218. The molecule has 0 fully saturated rings. The van der Waals surface area contributed by atoms with Crippen molar-refractivity contribution in [2.24, 2.45) is 0 Å². The SMILES string of the molecule is CCc1nn(CC)c(Cn2cnc(Cl)c(OC)c2=O)c1Cl. The van der Waals surface area contributed by atoms with Gasteiger partial charge < -0.3 is 4.74 Å². The van der Waals surface area contributed by atoms with Crippen LogP contribution in [-0.4, -0.2) is 26.4 Å². The molecule has 0 radical (unpaired) electrons. The van der Waals surface area contributed by atoms with Gasteiger partial charge in [-0.1, -0.05) is 30.1 Å². The summed E-state index contributed by atoms with van der Waals surface area (Å²) in [6, 6.07) is 0. The van der Waals surface area contributed by atoms with Crippen LogP contribution in [0.3, 0.4) is 0 Å². The highest BCUT2D eigenvalue weighted by Crippen LogP contribution is 2.23. The van der Waals surface area contributed by atoms with E-state index in [4.69, 9.17) is 27.9 Å². The van der Waals surface area contributed by atoms with Crippen LogP contribution in [0, 0.1) is 0 Å². The van der Waals surface area contributed by atoms with Crippen molar-refractivity contribution in [2.75, 3.05) is 7.11 Å². The van der Waals surface area contributed by atoms with Crippen molar-refractivity contribution >= 4 is 23.2 Å². The largest absolute Gasteiger partial charge is 0.489 e. The Balaban J connectivity index is 2.48. The van der Waals surface area contributed by atoms with E-state index in [1.165, 1.54) is 18.0 Å². The van der Waals surface area contributed by atoms with Crippen LogP contribution in [0.25, 0.3) is 0 Å². The predicted octanol–water partition coefficient (Wildman–Crippen LogP) is 2.39. The third kappa shape index (κ3) is 2.91. The molecule has 6 nitrogen and oxygen atoms in total. The monoisotopic (exact) mass is 330 g/mol. The third-order valence-electron chi connectivity index (χ3n) is 3.17. The first-order valence-electron chi connectivity index (χ1n) is 6.56. The van der Waals surface area contributed by atoms with Crippen LogP contribution in [0.4, 0.5) is 0 Å². The van der Waals surface area contributed by atoms with E-state index >= 15 is 0 Å². The Hall–Kier alpha value is -1.53. The van der Waals surface area contributed by atoms with Crippen molar-refractivity contribution in [3.8, 4) is 5.75 Å². The van der Waals surface area contributed by atoms with E-state index in [1.807, 2.05) is 13.8 Å². The molecule has 8 heteroatoms. The molecule has 0 aliphatic heterocycles. The van der Waals surface area contributed by atoms with Gasteiger partial charge in [0.15, 0.2) is 5.15 Å². The van der Waals surface area contributed by atoms with Gasteiger partial charge in [0, 0.05) is 6.54 Å². The van der Waals surface area contributed by atoms with Gasteiger partial charge in [0.1, 0.15) is 0 Å². The second-order valence-corrected chi connectivity index (χ2v) is 5.11. The molecule has 0 spiro atoms. The molecule has 0 bridgehead atoms. The molecule has 0 aromatic carbocycles. The van der Waals surface area contributed by atoms with Crippen molar-refractivity contribution in [3.63, 3.8) is 0 Å². The number of halogens is 2. The minimum absolute atomic E-state index is 0.0218. The van der Waals surface area contributed by atoms with Crippen LogP contribution in [-0.2, 0) is 19.5 Å². The van der Waals surface area contributed by atoms with Crippen molar-refractivity contribution in [3.05, 3.63) is 38.2 Å². The molecule has 0 aliphatic carbocycles. The van der Waals surface area contributed by atoms with E-state index < -0.39 is 0 Å². The molecule has 0 saturated carbocycles. The average molecular weight is 331 g/mol. The molecule has 0 amide bonds. The molecule has 0 saturated heterocycles. The summed E-state index contributed by atoms with van der Waals surface area (Å²) < 4.78 is 8.17. The Bertz CT molecular complexity index is 709. The first-order chi connectivity index (χ1) is 10.0. The smallest absolute Gasteiger partial charge is 0.297 e. The third-order valence-corrected chi connectivity index (χ3v) is 3.88. The molecule has 2 aromatic rings. The highest BCUT2D eigenvalue weighted by atomic mass is 35.5. The van der Waals surface area contributed by atoms with Crippen LogP contribution < -0.4 is 10.3 Å². The lowest BCUT2D eigenvalue weighted by atomic mass is 10.3. The van der Waals surface area contributed by atoms with Gasteiger partial charge in [-0.25, -0.2) is 4.98 Å². The van der Waals surface area contributed by atoms with Gasteiger partial charge in [-0.15, -0.1) is 0 Å². The summed E-state index contributed by atoms with van der Waals surface area (Å²) in [6.07, 6.45) is 2.11. The molecule has 21 heavy (non-hydrogen) atoms. The van der Waals surface area contributed by atoms with Crippen LogP contribution in [0.2, 0.25) is 10.2 Å². The molecule has 0 atom stereocenters. The summed E-state index contributed by atoms with van der Waals surface area (Å²) in [6.45, 7) is 4.88. The fraction of sp³-hybridized carbons (Fsp3) is 0.462. The zero-order chi connectivity index (χ0) is 15.6. The second-order valence-electron chi connectivity index (χ2n) is 4.38. The van der Waals surface area contributed by atoms with E-state index in [1.54, 1.807) is 4.68 Å². The van der Waals surface area contributed by atoms with Gasteiger partial charge in [0.2, 0.25) is 5.75 Å². The number of ether oxygens (including phenoxy) is 1. The maximum absolute atomic E-state index is 12.3. The van der Waals surface area contributed by atoms with E-state index in [0.717, 1.165) is 17.8 Å². The zero-order valence-corrected chi connectivity index (χ0v) is 13.6. The number of rotatable bonds is 5. The number of nitrogens with zero attached hydrogens (tertiary/aromatic N) is 4. The van der Waals surface area contributed by atoms with E-state index in [-0.39, 0.29) is 23.0 Å². The standard InChI is InChI=1S/C13H16Cl2N4O2/c1-4-8-10(14)9(19(5-2)17-8)6-18-7-16-12(15)11(21-3)13(18)20/h7H,4-6H2,1-3H3. The number of aryl methyl sites for hydroxylation is 2. The zero-order valence-electron chi connectivity index (χ0n) is 12.1. The molecule has 0 aliphatic rings. The van der Waals surface area contributed by atoms with Gasteiger partial charge in [-0.2, -0.15) is 5.10 Å². The molecular formula is C13H16Cl2N4O2. The summed E-state index contributed by atoms with van der Waals surface area (Å²) in [7, 11) is 1.38. The van der Waals surface area contributed by atoms with E-state index in [2.05, 4.69) is 10.1 Å². The topological polar surface area (TPSA) is 61.9 Å². The van der Waals surface area contributed by atoms with Crippen molar-refractivity contribution < 1.29 is 4.74 Å². The fourth-order valence-corrected chi connectivity index (χ4v) is 2.59. The normalized spacial score (nSPS) is 10.9. The van der Waals surface area contributed by atoms with Crippen molar-refractivity contribution in [2.45, 2.75) is 33.4 Å². The molecule has 0 N–H and O–H groups in total. The van der Waals surface area contributed by atoms with Gasteiger partial charge in [-0.3, -0.25) is 14.0 Å². The van der Waals surface area contributed by atoms with Gasteiger partial charge in [0.25, 0.3) is 5.56 Å². The molecule has 114 valence electrons. The molecule has 2 heterocycles. The van der Waals surface area contributed by atoms with Crippen molar-refractivity contribution in [1.82, 2.24) is 19.3 Å². The van der Waals surface area contributed by atoms with Gasteiger partial charge in [-0.05, 0) is 13.3 Å². The lowest BCUT2D eigenvalue weighted by Crippen LogP contribution is -2.24. The molecule has 0 unspecified atom stereocenters. The average Bonchev–Trinajstić information content (AvgIpc) is 2.78. The first kappa shape index (κ1) is 15.9. The van der Waals surface area contributed by atoms with E-state index in [0.29, 0.717) is 11.6 Å². The Morgan fingerprint density at radius 2 is 2.05 bits per heavy atom. The lowest BCUT2D eigenvalue weighted by Gasteiger charge is -2.09. The molecule has 2 rings (SSSR count). The Labute approximate surface area is 132 Å². The summed E-state index contributed by atoms with van der Waals surface area (Å²) >= 11 is 12.2. The molecule has 2 aromatic heterocycles. The maximum Gasteiger partial charge on any atom is 0.297 e. The highest BCUT2D eigenvalue weighted by molar-refractivity contribution is 6.32. The van der Waals surface area contributed by atoms with Crippen LogP contribution in [0.5, 0.6) is 5.75 Å². The highest BCUT2D eigenvalue weighted by Gasteiger charge is 2.17. The van der Waals surface area contributed by atoms with Crippen LogP contribution >= 0.6 is 23.2 Å². The Morgan fingerprint density at radius 1 is 1.33 bits per heavy atom. The summed E-state index contributed by atoms with van der Waals surface area (Å²) in [5.41, 5.74) is 1.23. The first-order valence-corrected chi connectivity index (χ1v) is 7.31. The maximum atomic E-state index is 12.3. The molecular weight excluding hydrogens is 315 g/mol. The van der Waals surface area contributed by atoms with Crippen LogP contribution in [0.15, 0.2) is 11.1 Å². The van der Waals surface area contributed by atoms with Crippen LogP contribution in [0.1, 0.15) is 25.2 Å². The quantitative estimate of drug-likeness (QED) is 0.789.